The summed E-state index contributed by atoms with van der Waals surface area (Å²) >= 11 is 3.39. The molecule has 0 atom stereocenters. The number of carbonyl (C=O) groups excluding carboxylic acids is 1. The Hall–Kier alpha value is -2.02. The van der Waals surface area contributed by atoms with E-state index in [0.29, 0.717) is 17.1 Å². The zero-order chi connectivity index (χ0) is 14.7. The predicted octanol–water partition coefficient (Wildman–Crippen LogP) is 2.18. The number of nitrogens with zero attached hydrogens (tertiary/aromatic N) is 2. The van der Waals surface area contributed by atoms with Gasteiger partial charge in [0.25, 0.3) is 0 Å². The molecule has 2 rings (SSSR count). The third-order valence-corrected chi connectivity index (χ3v) is 3.17. The molecule has 0 spiro atoms. The van der Waals surface area contributed by atoms with E-state index in [1.807, 2.05) is 13.0 Å². The average molecular weight is 339 g/mol. The third kappa shape index (κ3) is 3.30. The Morgan fingerprint density at radius 2 is 2.30 bits per heavy atom. The molecule has 0 aliphatic heterocycles. The van der Waals surface area contributed by atoms with Crippen LogP contribution in [0.1, 0.15) is 5.56 Å². The fourth-order valence-electron chi connectivity index (χ4n) is 1.83. The summed E-state index contributed by atoms with van der Waals surface area (Å²) in [6, 6.07) is 3.71. The number of anilines is 2. The van der Waals surface area contributed by atoms with E-state index in [-0.39, 0.29) is 12.5 Å². The summed E-state index contributed by atoms with van der Waals surface area (Å²) in [4.78, 5) is 12.0. The van der Waals surface area contributed by atoms with Gasteiger partial charge in [0.15, 0.2) is 0 Å². The lowest BCUT2D eigenvalue weighted by Gasteiger charge is -2.13. The summed E-state index contributed by atoms with van der Waals surface area (Å²) in [5.41, 5.74) is 7.64. The van der Waals surface area contributed by atoms with Gasteiger partial charge in [0.2, 0.25) is 5.91 Å². The topological polar surface area (TPSA) is 82.2 Å². The molecule has 0 aliphatic carbocycles. The van der Waals surface area contributed by atoms with Gasteiger partial charge in [-0.2, -0.15) is 5.10 Å². The standard InChI is InChI=1S/C13H15BrN4O2/c1-8-3-9(14)4-11(20-2)13(8)17-12(19)7-18-6-10(15)5-16-18/h3-6H,7,15H2,1-2H3,(H,17,19). The number of benzene rings is 1. The van der Waals surface area contributed by atoms with Crippen LogP contribution in [-0.2, 0) is 11.3 Å². The fourth-order valence-corrected chi connectivity index (χ4v) is 2.38. The summed E-state index contributed by atoms with van der Waals surface area (Å²) in [6.07, 6.45) is 3.10. The lowest BCUT2D eigenvalue weighted by atomic mass is 10.2. The first-order valence-electron chi connectivity index (χ1n) is 5.91. The molecule has 1 aromatic carbocycles. The normalized spacial score (nSPS) is 10.3. The van der Waals surface area contributed by atoms with Crippen LogP contribution in [0, 0.1) is 6.92 Å². The van der Waals surface area contributed by atoms with Crippen molar-refractivity contribution in [2.24, 2.45) is 0 Å². The third-order valence-electron chi connectivity index (χ3n) is 2.71. The number of rotatable bonds is 4. The van der Waals surface area contributed by atoms with E-state index in [4.69, 9.17) is 10.5 Å². The Labute approximate surface area is 125 Å². The van der Waals surface area contributed by atoms with Crippen molar-refractivity contribution in [3.8, 4) is 5.75 Å². The molecule has 6 nitrogen and oxygen atoms in total. The van der Waals surface area contributed by atoms with E-state index < -0.39 is 0 Å². The first kappa shape index (κ1) is 14.4. The molecule has 0 saturated heterocycles. The van der Waals surface area contributed by atoms with Crippen molar-refractivity contribution >= 4 is 33.2 Å². The summed E-state index contributed by atoms with van der Waals surface area (Å²) < 4.78 is 7.65. The van der Waals surface area contributed by atoms with Gasteiger partial charge in [0.1, 0.15) is 12.3 Å². The van der Waals surface area contributed by atoms with E-state index in [1.54, 1.807) is 19.4 Å². The highest BCUT2D eigenvalue weighted by molar-refractivity contribution is 9.10. The van der Waals surface area contributed by atoms with Gasteiger partial charge in [-0.25, -0.2) is 0 Å². The van der Waals surface area contributed by atoms with Crippen molar-refractivity contribution < 1.29 is 9.53 Å². The van der Waals surface area contributed by atoms with E-state index in [1.165, 1.54) is 10.9 Å². The largest absolute Gasteiger partial charge is 0.495 e. The summed E-state index contributed by atoms with van der Waals surface area (Å²) in [7, 11) is 1.56. The number of hydrogen-bond acceptors (Lipinski definition) is 4. The van der Waals surface area contributed by atoms with Crippen LogP contribution < -0.4 is 15.8 Å². The molecule has 7 heteroatoms. The van der Waals surface area contributed by atoms with Crippen LogP contribution in [0.3, 0.4) is 0 Å². The molecule has 0 saturated carbocycles. The number of aromatic nitrogens is 2. The smallest absolute Gasteiger partial charge is 0.246 e. The Morgan fingerprint density at radius 1 is 1.55 bits per heavy atom. The molecular formula is C13H15BrN4O2. The van der Waals surface area contributed by atoms with E-state index >= 15 is 0 Å². The molecule has 2 aromatic rings. The summed E-state index contributed by atoms with van der Waals surface area (Å²) in [5.74, 6) is 0.405. The highest BCUT2D eigenvalue weighted by atomic mass is 79.9. The number of hydrogen-bond donors (Lipinski definition) is 2. The fraction of sp³-hybridized carbons (Fsp3) is 0.231. The number of ether oxygens (including phenoxy) is 1. The summed E-state index contributed by atoms with van der Waals surface area (Å²) in [5, 5.41) is 6.80. The van der Waals surface area contributed by atoms with Crippen LogP contribution in [0.2, 0.25) is 0 Å². The highest BCUT2D eigenvalue weighted by Gasteiger charge is 2.12. The molecule has 1 aromatic heterocycles. The zero-order valence-electron chi connectivity index (χ0n) is 11.2. The number of methoxy groups -OCH3 is 1. The van der Waals surface area contributed by atoms with Crippen LogP contribution in [-0.4, -0.2) is 22.8 Å². The molecule has 1 heterocycles. The maximum atomic E-state index is 12.0. The SMILES string of the molecule is COc1cc(Br)cc(C)c1NC(=O)Cn1cc(N)cn1. The maximum absolute atomic E-state index is 12.0. The number of amides is 1. The first-order chi connectivity index (χ1) is 9.49. The molecule has 1 amide bonds. The monoisotopic (exact) mass is 338 g/mol. The number of carbonyl (C=O) groups is 1. The molecule has 0 unspecified atom stereocenters. The van der Waals surface area contributed by atoms with Crippen LogP contribution in [0.4, 0.5) is 11.4 Å². The second-order valence-corrected chi connectivity index (χ2v) is 5.24. The van der Waals surface area contributed by atoms with Crippen molar-refractivity contribution in [1.29, 1.82) is 0 Å². The minimum Gasteiger partial charge on any atom is -0.495 e. The number of nitrogens with one attached hydrogen (secondary N) is 1. The molecule has 20 heavy (non-hydrogen) atoms. The second kappa shape index (κ2) is 5.96. The van der Waals surface area contributed by atoms with E-state index in [0.717, 1.165) is 10.0 Å². The Kier molecular flexibility index (Phi) is 4.29. The van der Waals surface area contributed by atoms with Crippen molar-refractivity contribution in [2.75, 3.05) is 18.2 Å². The lowest BCUT2D eigenvalue weighted by molar-refractivity contribution is -0.116. The summed E-state index contributed by atoms with van der Waals surface area (Å²) in [6.45, 7) is 1.99. The van der Waals surface area contributed by atoms with Gasteiger partial charge in [0, 0.05) is 10.7 Å². The Bertz CT molecular complexity index is 639. The first-order valence-corrected chi connectivity index (χ1v) is 6.71. The Balaban J connectivity index is 2.15. The van der Waals surface area contributed by atoms with Crippen molar-refractivity contribution in [2.45, 2.75) is 13.5 Å². The van der Waals surface area contributed by atoms with Gasteiger partial charge < -0.3 is 15.8 Å². The van der Waals surface area contributed by atoms with Gasteiger partial charge in [-0.15, -0.1) is 0 Å². The van der Waals surface area contributed by atoms with Crippen molar-refractivity contribution in [1.82, 2.24) is 9.78 Å². The number of nitrogen functional groups attached to an aromatic ring is 1. The molecule has 0 aliphatic rings. The van der Waals surface area contributed by atoms with Crippen LogP contribution in [0.15, 0.2) is 29.0 Å². The van der Waals surface area contributed by atoms with Gasteiger partial charge in [-0.1, -0.05) is 15.9 Å². The molecule has 0 bridgehead atoms. The van der Waals surface area contributed by atoms with Crippen LogP contribution in [0.5, 0.6) is 5.75 Å². The van der Waals surface area contributed by atoms with Crippen LogP contribution >= 0.6 is 15.9 Å². The van der Waals surface area contributed by atoms with Gasteiger partial charge in [-0.3, -0.25) is 9.48 Å². The molecule has 106 valence electrons. The van der Waals surface area contributed by atoms with Crippen molar-refractivity contribution in [3.05, 3.63) is 34.6 Å². The van der Waals surface area contributed by atoms with Gasteiger partial charge in [-0.05, 0) is 24.6 Å². The van der Waals surface area contributed by atoms with Gasteiger partial charge in [0.05, 0.1) is 24.7 Å². The molecular weight excluding hydrogens is 324 g/mol. The van der Waals surface area contributed by atoms with Crippen LogP contribution in [0.25, 0.3) is 0 Å². The minimum absolute atomic E-state index is 0.0931. The highest BCUT2D eigenvalue weighted by Crippen LogP contribution is 2.32. The molecule has 3 N–H and O–H groups in total. The second-order valence-electron chi connectivity index (χ2n) is 4.32. The quantitative estimate of drug-likeness (QED) is 0.895. The van der Waals surface area contributed by atoms with E-state index in [9.17, 15) is 4.79 Å². The molecule has 0 radical (unpaired) electrons. The Morgan fingerprint density at radius 3 is 2.90 bits per heavy atom. The van der Waals surface area contributed by atoms with Gasteiger partial charge >= 0.3 is 0 Å². The zero-order valence-corrected chi connectivity index (χ0v) is 12.8. The predicted molar refractivity (Wildman–Crippen MR) is 80.7 cm³/mol. The maximum Gasteiger partial charge on any atom is 0.246 e. The minimum atomic E-state index is -0.197. The molecule has 0 fully saturated rings. The average Bonchev–Trinajstić information content (AvgIpc) is 2.77. The van der Waals surface area contributed by atoms with E-state index in [2.05, 4.69) is 26.3 Å². The number of halogens is 1. The lowest BCUT2D eigenvalue weighted by Crippen LogP contribution is -2.20. The number of aryl methyl sites for hydroxylation is 1. The van der Waals surface area contributed by atoms with Crippen molar-refractivity contribution in [3.63, 3.8) is 0 Å². The number of nitrogens with two attached hydrogens (primary N) is 1.